The molecule has 21 heavy (non-hydrogen) atoms. The van der Waals surface area contributed by atoms with Gasteiger partial charge in [0.05, 0.1) is 0 Å². The van der Waals surface area contributed by atoms with E-state index >= 15 is 0 Å². The fourth-order valence-corrected chi connectivity index (χ4v) is 2.55. The van der Waals surface area contributed by atoms with Crippen LogP contribution in [-0.4, -0.2) is 22.2 Å². The van der Waals surface area contributed by atoms with E-state index in [0.717, 1.165) is 17.0 Å². The lowest BCUT2D eigenvalue weighted by Crippen LogP contribution is -2.30. The molecule has 5 nitrogen and oxygen atoms in total. The minimum Gasteiger partial charge on any atom is -0.481 e. The standard InChI is InChI=1S/C14H16ClN3O2S/c1-4-12-17-18-14(21-12)16-13(19)9(3)20-11-6-5-10(15)7-8(11)2/h5-7,9H,4H2,1-3H3,(H,16,18,19)/t9-/m0/s1. The molecule has 0 aliphatic heterocycles. The van der Waals surface area contributed by atoms with Crippen molar-refractivity contribution in [3.05, 3.63) is 33.8 Å². The van der Waals surface area contributed by atoms with E-state index in [9.17, 15) is 4.79 Å². The van der Waals surface area contributed by atoms with Crippen LogP contribution in [0.3, 0.4) is 0 Å². The third kappa shape index (κ3) is 4.15. The van der Waals surface area contributed by atoms with Gasteiger partial charge in [-0.1, -0.05) is 29.9 Å². The molecule has 0 aliphatic carbocycles. The number of benzene rings is 1. The number of halogens is 1. The van der Waals surface area contributed by atoms with E-state index in [-0.39, 0.29) is 5.91 Å². The van der Waals surface area contributed by atoms with Crippen molar-refractivity contribution in [3.8, 4) is 5.75 Å². The van der Waals surface area contributed by atoms with Gasteiger partial charge in [-0.25, -0.2) is 0 Å². The highest BCUT2D eigenvalue weighted by Crippen LogP contribution is 2.23. The first kappa shape index (κ1) is 15.7. The average molecular weight is 326 g/mol. The average Bonchev–Trinajstić information content (AvgIpc) is 2.89. The van der Waals surface area contributed by atoms with Crippen molar-refractivity contribution in [1.29, 1.82) is 0 Å². The molecule has 1 aromatic carbocycles. The fourth-order valence-electron chi connectivity index (χ4n) is 1.64. The van der Waals surface area contributed by atoms with Gasteiger partial charge in [-0.05, 0) is 44.0 Å². The second-order valence-electron chi connectivity index (χ2n) is 4.51. The number of nitrogens with one attached hydrogen (secondary N) is 1. The van der Waals surface area contributed by atoms with E-state index < -0.39 is 6.10 Å². The highest BCUT2D eigenvalue weighted by atomic mass is 35.5. The number of hydrogen-bond acceptors (Lipinski definition) is 5. The predicted molar refractivity (Wildman–Crippen MR) is 84.2 cm³/mol. The summed E-state index contributed by atoms with van der Waals surface area (Å²) < 4.78 is 5.65. The summed E-state index contributed by atoms with van der Waals surface area (Å²) in [5, 5.41) is 12.6. The molecular formula is C14H16ClN3O2S. The van der Waals surface area contributed by atoms with Gasteiger partial charge in [0.25, 0.3) is 5.91 Å². The molecule has 0 aliphatic rings. The Balaban J connectivity index is 1.98. The van der Waals surface area contributed by atoms with Crippen LogP contribution in [0.4, 0.5) is 5.13 Å². The van der Waals surface area contributed by atoms with E-state index in [4.69, 9.17) is 16.3 Å². The van der Waals surface area contributed by atoms with Gasteiger partial charge in [-0.3, -0.25) is 10.1 Å². The van der Waals surface area contributed by atoms with Gasteiger partial charge >= 0.3 is 0 Å². The number of ether oxygens (including phenoxy) is 1. The second kappa shape index (κ2) is 6.87. The Kier molecular flexibility index (Phi) is 5.14. The Hall–Kier alpha value is -1.66. The van der Waals surface area contributed by atoms with E-state index in [2.05, 4.69) is 15.5 Å². The van der Waals surface area contributed by atoms with E-state index in [1.54, 1.807) is 25.1 Å². The smallest absolute Gasteiger partial charge is 0.266 e. The van der Waals surface area contributed by atoms with Gasteiger partial charge in [-0.2, -0.15) is 0 Å². The van der Waals surface area contributed by atoms with Gasteiger partial charge in [0.1, 0.15) is 10.8 Å². The number of amides is 1. The number of aromatic nitrogens is 2. The number of hydrogen-bond donors (Lipinski definition) is 1. The van der Waals surface area contributed by atoms with Crippen LogP contribution in [0, 0.1) is 6.92 Å². The topological polar surface area (TPSA) is 64.1 Å². The maximum atomic E-state index is 12.1. The molecule has 0 spiro atoms. The summed E-state index contributed by atoms with van der Waals surface area (Å²) in [5.74, 6) is 0.372. The van der Waals surface area contributed by atoms with Crippen molar-refractivity contribution >= 4 is 34.0 Å². The van der Waals surface area contributed by atoms with Crippen LogP contribution in [-0.2, 0) is 11.2 Å². The summed E-state index contributed by atoms with van der Waals surface area (Å²) in [5.41, 5.74) is 0.881. The minimum atomic E-state index is -0.640. The molecule has 7 heteroatoms. The molecule has 0 radical (unpaired) electrons. The Bertz CT molecular complexity index is 645. The monoisotopic (exact) mass is 325 g/mol. The number of anilines is 1. The largest absolute Gasteiger partial charge is 0.481 e. The Labute approximate surface area is 132 Å². The Morgan fingerprint density at radius 1 is 1.48 bits per heavy atom. The number of rotatable bonds is 5. The molecule has 0 saturated carbocycles. The van der Waals surface area contributed by atoms with Crippen molar-refractivity contribution in [1.82, 2.24) is 10.2 Å². The fraction of sp³-hybridized carbons (Fsp3) is 0.357. The summed E-state index contributed by atoms with van der Waals surface area (Å²) in [7, 11) is 0. The molecule has 0 fully saturated rings. The SMILES string of the molecule is CCc1nnc(NC(=O)[C@H](C)Oc2ccc(Cl)cc2C)s1. The minimum absolute atomic E-state index is 0.261. The molecular weight excluding hydrogens is 310 g/mol. The summed E-state index contributed by atoms with van der Waals surface area (Å²) >= 11 is 7.25. The predicted octanol–water partition coefficient (Wildman–Crippen LogP) is 3.47. The summed E-state index contributed by atoms with van der Waals surface area (Å²) in [6, 6.07) is 5.27. The highest BCUT2D eigenvalue weighted by molar-refractivity contribution is 7.15. The van der Waals surface area contributed by atoms with Gasteiger partial charge in [0, 0.05) is 5.02 Å². The zero-order chi connectivity index (χ0) is 15.4. The van der Waals surface area contributed by atoms with Crippen LogP contribution in [0.5, 0.6) is 5.75 Å². The zero-order valence-electron chi connectivity index (χ0n) is 12.0. The molecule has 1 atom stereocenters. The van der Waals surface area contributed by atoms with Crippen LogP contribution in [0.1, 0.15) is 24.4 Å². The lowest BCUT2D eigenvalue weighted by atomic mass is 10.2. The summed E-state index contributed by atoms with van der Waals surface area (Å²) in [4.78, 5) is 12.1. The summed E-state index contributed by atoms with van der Waals surface area (Å²) in [6.07, 6.45) is 0.155. The molecule has 1 aromatic heterocycles. The van der Waals surface area contributed by atoms with E-state index in [0.29, 0.717) is 15.9 Å². The van der Waals surface area contributed by atoms with Crippen LogP contribution in [0.2, 0.25) is 5.02 Å². The highest BCUT2D eigenvalue weighted by Gasteiger charge is 2.17. The molecule has 112 valence electrons. The molecule has 0 bridgehead atoms. The maximum absolute atomic E-state index is 12.1. The molecule has 1 heterocycles. The number of carbonyl (C=O) groups is 1. The maximum Gasteiger partial charge on any atom is 0.266 e. The Morgan fingerprint density at radius 3 is 2.86 bits per heavy atom. The van der Waals surface area contributed by atoms with Crippen molar-refractivity contribution in [2.45, 2.75) is 33.3 Å². The van der Waals surface area contributed by atoms with Gasteiger partial charge in [0.2, 0.25) is 5.13 Å². The Morgan fingerprint density at radius 2 is 2.24 bits per heavy atom. The van der Waals surface area contributed by atoms with Crippen LogP contribution in [0.25, 0.3) is 0 Å². The van der Waals surface area contributed by atoms with Crippen molar-refractivity contribution in [2.24, 2.45) is 0 Å². The number of nitrogens with zero attached hydrogens (tertiary/aromatic N) is 2. The van der Waals surface area contributed by atoms with Gasteiger partial charge in [-0.15, -0.1) is 10.2 Å². The molecule has 1 amide bonds. The molecule has 1 N–H and O–H groups in total. The number of carbonyl (C=O) groups excluding carboxylic acids is 1. The molecule has 0 unspecified atom stereocenters. The summed E-state index contributed by atoms with van der Waals surface area (Å²) in [6.45, 7) is 5.55. The zero-order valence-corrected chi connectivity index (χ0v) is 13.6. The third-order valence-corrected chi connectivity index (χ3v) is 4.03. The van der Waals surface area contributed by atoms with Crippen LogP contribution in [0.15, 0.2) is 18.2 Å². The first-order chi connectivity index (χ1) is 9.99. The van der Waals surface area contributed by atoms with Crippen LogP contribution < -0.4 is 10.1 Å². The molecule has 0 saturated heterocycles. The van der Waals surface area contributed by atoms with Crippen molar-refractivity contribution in [3.63, 3.8) is 0 Å². The lowest BCUT2D eigenvalue weighted by Gasteiger charge is -2.15. The van der Waals surface area contributed by atoms with Crippen molar-refractivity contribution in [2.75, 3.05) is 5.32 Å². The first-order valence-corrected chi connectivity index (χ1v) is 7.75. The van der Waals surface area contributed by atoms with Gasteiger partial charge < -0.3 is 4.74 Å². The first-order valence-electron chi connectivity index (χ1n) is 6.55. The van der Waals surface area contributed by atoms with E-state index in [1.165, 1.54) is 11.3 Å². The second-order valence-corrected chi connectivity index (χ2v) is 6.01. The normalized spacial score (nSPS) is 12.0. The van der Waals surface area contributed by atoms with Crippen LogP contribution >= 0.6 is 22.9 Å². The van der Waals surface area contributed by atoms with Crippen molar-refractivity contribution < 1.29 is 9.53 Å². The third-order valence-electron chi connectivity index (χ3n) is 2.81. The van der Waals surface area contributed by atoms with Gasteiger partial charge in [0.15, 0.2) is 6.10 Å². The quantitative estimate of drug-likeness (QED) is 0.914. The number of aryl methyl sites for hydroxylation is 2. The molecule has 2 rings (SSSR count). The molecule has 2 aromatic rings. The van der Waals surface area contributed by atoms with E-state index in [1.807, 2.05) is 13.8 Å². The lowest BCUT2D eigenvalue weighted by molar-refractivity contribution is -0.122.